The molecule has 5 heteroatoms. The Morgan fingerprint density at radius 1 is 1.00 bits per heavy atom. The van der Waals surface area contributed by atoms with Crippen molar-refractivity contribution in [3.8, 4) is 0 Å². The Kier molecular flexibility index (Phi) is 7.02. The number of carbonyl (C=O) groups is 3. The van der Waals surface area contributed by atoms with Crippen LogP contribution in [0, 0.1) is 11.8 Å². The first-order chi connectivity index (χ1) is 13.1. The summed E-state index contributed by atoms with van der Waals surface area (Å²) in [5, 5.41) is 5.51. The van der Waals surface area contributed by atoms with Crippen LogP contribution in [0.2, 0.25) is 0 Å². The van der Waals surface area contributed by atoms with Crippen LogP contribution in [0.4, 0.5) is 0 Å². The molecule has 1 atom stereocenters. The normalized spacial score (nSPS) is 20.1. The highest BCUT2D eigenvalue weighted by molar-refractivity contribution is 5.98. The Morgan fingerprint density at radius 2 is 1.67 bits per heavy atom. The number of amides is 3. The van der Waals surface area contributed by atoms with Gasteiger partial charge < -0.3 is 5.32 Å². The maximum atomic E-state index is 12.6. The summed E-state index contributed by atoms with van der Waals surface area (Å²) in [6.45, 7) is 0. The van der Waals surface area contributed by atoms with Gasteiger partial charge in [-0.2, -0.15) is 0 Å². The zero-order chi connectivity index (χ0) is 19.1. The van der Waals surface area contributed by atoms with Gasteiger partial charge in [-0.05, 0) is 30.2 Å². The number of carbonyl (C=O) groups excluding carboxylic acids is 3. The lowest BCUT2D eigenvalue weighted by Gasteiger charge is -2.28. The minimum atomic E-state index is -0.271. The van der Waals surface area contributed by atoms with Crippen LogP contribution >= 0.6 is 0 Å². The number of nitrogens with one attached hydrogen (secondary N) is 2. The van der Waals surface area contributed by atoms with Crippen molar-refractivity contribution >= 4 is 17.7 Å². The Balaban J connectivity index is 1.58. The molecule has 1 heterocycles. The van der Waals surface area contributed by atoms with Crippen LogP contribution in [0.5, 0.6) is 0 Å². The number of hydrogen-bond acceptors (Lipinski definition) is 3. The van der Waals surface area contributed by atoms with Crippen LogP contribution in [0.3, 0.4) is 0 Å². The zero-order valence-corrected chi connectivity index (χ0v) is 15.9. The summed E-state index contributed by atoms with van der Waals surface area (Å²) in [5.74, 6) is -0.0912. The van der Waals surface area contributed by atoms with E-state index >= 15 is 0 Å². The lowest BCUT2D eigenvalue weighted by molar-refractivity contribution is -0.135. The summed E-state index contributed by atoms with van der Waals surface area (Å²) in [5.41, 5.74) is 1.23. The second kappa shape index (κ2) is 9.67. The Hall–Kier alpha value is -2.17. The summed E-state index contributed by atoms with van der Waals surface area (Å²) in [6.07, 6.45) is 8.98. The second-order valence-electron chi connectivity index (χ2n) is 8.14. The van der Waals surface area contributed by atoms with E-state index in [4.69, 9.17) is 0 Å². The van der Waals surface area contributed by atoms with Crippen molar-refractivity contribution in [2.45, 2.75) is 70.3 Å². The Labute approximate surface area is 161 Å². The van der Waals surface area contributed by atoms with E-state index < -0.39 is 0 Å². The molecule has 1 saturated carbocycles. The third-order valence-corrected chi connectivity index (χ3v) is 5.73. The average molecular weight is 370 g/mol. The molecule has 3 rings (SSSR count). The molecule has 0 spiro atoms. The number of piperidine rings is 1. The van der Waals surface area contributed by atoms with Crippen LogP contribution in [0.15, 0.2) is 30.3 Å². The molecule has 1 aromatic carbocycles. The van der Waals surface area contributed by atoms with Crippen molar-refractivity contribution in [2.75, 3.05) is 0 Å². The van der Waals surface area contributed by atoms with Gasteiger partial charge in [0.1, 0.15) is 0 Å². The van der Waals surface area contributed by atoms with Gasteiger partial charge in [0.2, 0.25) is 17.7 Å². The lowest BCUT2D eigenvalue weighted by Crippen LogP contribution is -2.42. The third kappa shape index (κ3) is 6.49. The van der Waals surface area contributed by atoms with Gasteiger partial charge in [0, 0.05) is 25.3 Å². The molecule has 1 saturated heterocycles. The van der Waals surface area contributed by atoms with Gasteiger partial charge in [0.05, 0.1) is 0 Å². The molecule has 0 aromatic heterocycles. The molecule has 1 aliphatic heterocycles. The van der Waals surface area contributed by atoms with Gasteiger partial charge in [0.25, 0.3) is 0 Å². The summed E-state index contributed by atoms with van der Waals surface area (Å²) in [4.78, 5) is 35.7. The highest BCUT2D eigenvalue weighted by Crippen LogP contribution is 2.28. The smallest absolute Gasteiger partial charge is 0.226 e. The van der Waals surface area contributed by atoms with Crippen LogP contribution < -0.4 is 10.6 Å². The Bertz CT molecular complexity index is 637. The molecular formula is C22H30N2O3. The van der Waals surface area contributed by atoms with E-state index in [1.165, 1.54) is 37.7 Å². The van der Waals surface area contributed by atoms with E-state index in [9.17, 15) is 14.4 Å². The van der Waals surface area contributed by atoms with E-state index in [0.29, 0.717) is 5.92 Å². The predicted molar refractivity (Wildman–Crippen MR) is 104 cm³/mol. The van der Waals surface area contributed by atoms with Gasteiger partial charge in [0.15, 0.2) is 0 Å². The lowest BCUT2D eigenvalue weighted by atomic mass is 9.83. The van der Waals surface area contributed by atoms with E-state index in [0.717, 1.165) is 12.8 Å². The van der Waals surface area contributed by atoms with Gasteiger partial charge in [-0.15, -0.1) is 0 Å². The minimum absolute atomic E-state index is 0.0424. The standard InChI is InChI=1S/C22H30N2O3/c25-20(13-18-14-21(26)24-22(27)15-18)23-19(11-16-7-3-1-4-8-16)12-17-9-5-2-6-10-17/h1,3-4,7-8,17-19H,2,5-6,9-15H2,(H,23,25)(H,24,26,27). The van der Waals surface area contributed by atoms with Crippen molar-refractivity contribution in [1.29, 1.82) is 0 Å². The van der Waals surface area contributed by atoms with Crippen LogP contribution in [0.25, 0.3) is 0 Å². The fraction of sp³-hybridized carbons (Fsp3) is 0.591. The molecule has 5 nitrogen and oxygen atoms in total. The average Bonchev–Trinajstić information content (AvgIpc) is 2.62. The van der Waals surface area contributed by atoms with Crippen LogP contribution in [-0.2, 0) is 20.8 Å². The molecule has 2 aliphatic rings. The number of rotatable bonds is 7. The summed E-state index contributed by atoms with van der Waals surface area (Å²) in [7, 11) is 0. The maximum Gasteiger partial charge on any atom is 0.226 e. The highest BCUT2D eigenvalue weighted by atomic mass is 16.2. The molecule has 1 aliphatic carbocycles. The zero-order valence-electron chi connectivity index (χ0n) is 15.9. The molecule has 2 N–H and O–H groups in total. The molecule has 0 bridgehead atoms. The van der Waals surface area contributed by atoms with E-state index in [1.807, 2.05) is 18.2 Å². The molecule has 146 valence electrons. The maximum absolute atomic E-state index is 12.6. The Morgan fingerprint density at radius 3 is 2.33 bits per heavy atom. The first-order valence-electron chi connectivity index (χ1n) is 10.2. The molecule has 0 radical (unpaired) electrons. The number of benzene rings is 1. The number of hydrogen-bond donors (Lipinski definition) is 2. The van der Waals surface area contributed by atoms with E-state index in [2.05, 4.69) is 22.8 Å². The highest BCUT2D eigenvalue weighted by Gasteiger charge is 2.28. The monoisotopic (exact) mass is 370 g/mol. The first-order valence-corrected chi connectivity index (χ1v) is 10.2. The predicted octanol–water partition coefficient (Wildman–Crippen LogP) is 3.13. The SMILES string of the molecule is O=C1CC(CC(=O)NC(Cc2ccccc2)CC2CCCCC2)CC(=O)N1. The summed E-state index contributed by atoms with van der Waals surface area (Å²) < 4.78 is 0. The fourth-order valence-electron chi connectivity index (χ4n) is 4.46. The van der Waals surface area contributed by atoms with Crippen molar-refractivity contribution in [1.82, 2.24) is 10.6 Å². The fourth-order valence-corrected chi connectivity index (χ4v) is 4.46. The molecule has 1 unspecified atom stereocenters. The summed E-state index contributed by atoms with van der Waals surface area (Å²) in [6, 6.07) is 10.4. The summed E-state index contributed by atoms with van der Waals surface area (Å²) >= 11 is 0. The largest absolute Gasteiger partial charge is 0.353 e. The van der Waals surface area contributed by atoms with Gasteiger partial charge in [-0.25, -0.2) is 0 Å². The third-order valence-electron chi connectivity index (χ3n) is 5.73. The first kappa shape index (κ1) is 19.6. The van der Waals surface area contributed by atoms with Crippen molar-refractivity contribution in [2.24, 2.45) is 11.8 Å². The second-order valence-corrected chi connectivity index (χ2v) is 8.14. The molecular weight excluding hydrogens is 340 g/mol. The molecule has 27 heavy (non-hydrogen) atoms. The minimum Gasteiger partial charge on any atom is -0.353 e. The van der Waals surface area contributed by atoms with Crippen molar-refractivity contribution in [3.63, 3.8) is 0 Å². The molecule has 1 aromatic rings. The quantitative estimate of drug-likeness (QED) is 0.724. The molecule has 3 amide bonds. The van der Waals surface area contributed by atoms with E-state index in [1.54, 1.807) is 0 Å². The topological polar surface area (TPSA) is 75.3 Å². The van der Waals surface area contributed by atoms with Crippen LogP contribution in [0.1, 0.15) is 63.4 Å². The molecule has 2 fully saturated rings. The van der Waals surface area contributed by atoms with Gasteiger partial charge in [-0.1, -0.05) is 62.4 Å². The van der Waals surface area contributed by atoms with Crippen LogP contribution in [-0.4, -0.2) is 23.8 Å². The van der Waals surface area contributed by atoms with Gasteiger partial charge >= 0.3 is 0 Å². The van der Waals surface area contributed by atoms with Crippen molar-refractivity contribution in [3.05, 3.63) is 35.9 Å². The number of imide groups is 1. The van der Waals surface area contributed by atoms with E-state index in [-0.39, 0.29) is 48.9 Å². The van der Waals surface area contributed by atoms with Crippen molar-refractivity contribution < 1.29 is 14.4 Å². The van der Waals surface area contributed by atoms with Gasteiger partial charge in [-0.3, -0.25) is 19.7 Å².